The van der Waals surface area contributed by atoms with Crippen molar-refractivity contribution < 1.29 is 18.0 Å². The van der Waals surface area contributed by atoms with E-state index >= 15 is 0 Å². The first-order chi connectivity index (χ1) is 15.9. The van der Waals surface area contributed by atoms with E-state index in [4.69, 9.17) is 11.1 Å². The van der Waals surface area contributed by atoms with Gasteiger partial charge >= 0.3 is 0 Å². The molecule has 34 heavy (non-hydrogen) atoms. The number of nitrogens with two attached hydrogens (primary N) is 1. The highest BCUT2D eigenvalue weighted by Gasteiger charge is 2.31. The van der Waals surface area contributed by atoms with Gasteiger partial charge in [-0.05, 0) is 36.4 Å². The van der Waals surface area contributed by atoms with Crippen LogP contribution < -0.4 is 16.0 Å². The van der Waals surface area contributed by atoms with Crippen molar-refractivity contribution in [2.75, 3.05) is 38.3 Å². The van der Waals surface area contributed by atoms with Gasteiger partial charge in [0, 0.05) is 61.9 Å². The summed E-state index contributed by atoms with van der Waals surface area (Å²) in [4.78, 5) is 28.3. The summed E-state index contributed by atoms with van der Waals surface area (Å²) in [6.07, 6.45) is 1.33. The molecule has 1 heterocycles. The lowest BCUT2D eigenvalue weighted by Crippen LogP contribution is -2.31. The number of nitrogen functional groups attached to an aromatic ring is 1. The number of amides is 2. The fourth-order valence-corrected chi connectivity index (χ4v) is 4.26. The molecule has 2 amide bonds. The largest absolute Gasteiger partial charge is 0.384 e. The Labute approximate surface area is 199 Å². The summed E-state index contributed by atoms with van der Waals surface area (Å²) in [5, 5.41) is 10.4. The molecule has 1 unspecified atom stereocenters. The number of amidine groups is 2. The Balaban J connectivity index is 1.65. The number of carbonyl (C=O) groups is 2. The highest BCUT2D eigenvalue weighted by atomic mass is 32.2. The maximum Gasteiger partial charge on any atom is 0.252 e. The average Bonchev–Trinajstić information content (AvgIpc) is 3.15. The van der Waals surface area contributed by atoms with Crippen molar-refractivity contribution in [2.24, 2.45) is 16.0 Å². The van der Waals surface area contributed by atoms with Crippen LogP contribution in [0.3, 0.4) is 0 Å². The van der Waals surface area contributed by atoms with Gasteiger partial charge in [0.1, 0.15) is 11.7 Å². The number of benzene rings is 2. The van der Waals surface area contributed by atoms with Crippen molar-refractivity contribution in [3.05, 3.63) is 65.2 Å². The molecule has 180 valence electrons. The molecule has 1 saturated heterocycles. The monoisotopic (exact) mass is 484 g/mol. The molecular weight excluding hydrogens is 456 g/mol. The van der Waals surface area contributed by atoms with E-state index in [9.17, 15) is 18.0 Å². The molecule has 0 radical (unpaired) electrons. The average molecular weight is 485 g/mol. The number of hydrogen-bond donors (Lipinski definition) is 3. The van der Waals surface area contributed by atoms with E-state index in [1.165, 1.54) is 0 Å². The molecule has 0 saturated carbocycles. The zero-order valence-electron chi connectivity index (χ0n) is 19.3. The highest BCUT2D eigenvalue weighted by Crippen LogP contribution is 2.25. The summed E-state index contributed by atoms with van der Waals surface area (Å²) in [6, 6.07) is 13.5. The second kappa shape index (κ2) is 10.0. The maximum atomic E-state index is 12.6. The van der Waals surface area contributed by atoms with Crippen molar-refractivity contribution in [1.29, 1.82) is 5.41 Å². The van der Waals surface area contributed by atoms with Crippen LogP contribution in [0.25, 0.3) is 0 Å². The maximum absolute atomic E-state index is 12.6. The lowest BCUT2D eigenvalue weighted by atomic mass is 10.1. The molecular formula is C23H28N6O4S. The van der Waals surface area contributed by atoms with Gasteiger partial charge in [-0.3, -0.25) is 15.0 Å². The number of nitrogens with zero attached hydrogens (tertiary/aromatic N) is 3. The number of sulfonamides is 1. The van der Waals surface area contributed by atoms with Gasteiger partial charge in [0.15, 0.2) is 0 Å². The lowest BCUT2D eigenvalue weighted by Gasteiger charge is -2.19. The van der Waals surface area contributed by atoms with Crippen molar-refractivity contribution in [3.8, 4) is 0 Å². The molecule has 1 fully saturated rings. The standard InChI is InChI=1S/C23H28N6O4S/c1-28(2)22(27-34(3,32)33)16-7-9-19(10-8-16)29-14-15(11-20(29)30)13-26-23(31)18-6-4-5-17(12-18)21(24)25/h4-10,12,15H,11,13-14H2,1-3H3,(H3,24,25)(H,26,31)/b27-22+. The minimum atomic E-state index is -3.57. The van der Waals surface area contributed by atoms with E-state index in [0.29, 0.717) is 47.7 Å². The Morgan fingerprint density at radius 2 is 1.82 bits per heavy atom. The van der Waals surface area contributed by atoms with E-state index in [-0.39, 0.29) is 23.6 Å². The van der Waals surface area contributed by atoms with Crippen LogP contribution in [0, 0.1) is 11.3 Å². The highest BCUT2D eigenvalue weighted by molar-refractivity contribution is 7.89. The summed E-state index contributed by atoms with van der Waals surface area (Å²) >= 11 is 0. The van der Waals surface area contributed by atoms with Gasteiger partial charge in [-0.15, -0.1) is 4.40 Å². The molecule has 10 nitrogen and oxygen atoms in total. The lowest BCUT2D eigenvalue weighted by molar-refractivity contribution is -0.117. The summed E-state index contributed by atoms with van der Waals surface area (Å²) in [5.74, 6) is -0.214. The molecule has 1 aliphatic heterocycles. The Morgan fingerprint density at radius 3 is 2.41 bits per heavy atom. The fraction of sp³-hybridized carbons (Fsp3) is 0.304. The van der Waals surface area contributed by atoms with Gasteiger partial charge in [-0.2, -0.15) is 0 Å². The number of rotatable bonds is 7. The molecule has 0 spiro atoms. The van der Waals surface area contributed by atoms with Crippen molar-refractivity contribution in [2.45, 2.75) is 6.42 Å². The summed E-state index contributed by atoms with van der Waals surface area (Å²) < 4.78 is 27.0. The van der Waals surface area contributed by atoms with Gasteiger partial charge in [-0.25, -0.2) is 8.42 Å². The molecule has 3 rings (SSSR count). The molecule has 0 bridgehead atoms. The van der Waals surface area contributed by atoms with Gasteiger partial charge < -0.3 is 20.9 Å². The SMILES string of the molecule is CN(C)/C(=N/S(C)(=O)=O)c1ccc(N2CC(CNC(=O)c3cccc(C(=N)N)c3)CC2=O)cc1. The third kappa shape index (κ3) is 6.19. The van der Waals surface area contributed by atoms with Crippen LogP contribution in [0.5, 0.6) is 0 Å². The first-order valence-corrected chi connectivity index (χ1v) is 12.4. The summed E-state index contributed by atoms with van der Waals surface area (Å²) in [5.41, 5.74) is 7.65. The molecule has 2 aromatic rings. The topological polar surface area (TPSA) is 149 Å². The quantitative estimate of drug-likeness (QED) is 0.395. The van der Waals surface area contributed by atoms with Crippen LogP contribution in [-0.4, -0.2) is 70.2 Å². The molecule has 1 atom stereocenters. The van der Waals surface area contributed by atoms with E-state index in [0.717, 1.165) is 6.26 Å². The molecule has 2 aromatic carbocycles. The van der Waals surface area contributed by atoms with Crippen molar-refractivity contribution >= 4 is 39.2 Å². The zero-order chi connectivity index (χ0) is 25.0. The second-order valence-corrected chi connectivity index (χ2v) is 10.0. The van der Waals surface area contributed by atoms with Gasteiger partial charge in [0.2, 0.25) is 5.91 Å². The van der Waals surface area contributed by atoms with Crippen LogP contribution in [0.1, 0.15) is 27.9 Å². The smallest absolute Gasteiger partial charge is 0.252 e. The minimum Gasteiger partial charge on any atom is -0.384 e. The Kier molecular flexibility index (Phi) is 7.35. The molecule has 11 heteroatoms. The van der Waals surface area contributed by atoms with E-state index in [1.807, 2.05) is 0 Å². The van der Waals surface area contributed by atoms with Crippen molar-refractivity contribution in [1.82, 2.24) is 10.2 Å². The predicted octanol–water partition coefficient (Wildman–Crippen LogP) is 1.02. The Morgan fingerprint density at radius 1 is 1.18 bits per heavy atom. The number of anilines is 1. The molecule has 1 aliphatic rings. The Bertz CT molecular complexity index is 1240. The Hall–Kier alpha value is -3.73. The van der Waals surface area contributed by atoms with Crippen molar-refractivity contribution in [3.63, 3.8) is 0 Å². The van der Waals surface area contributed by atoms with Gasteiger partial charge in [0.05, 0.1) is 6.26 Å². The predicted molar refractivity (Wildman–Crippen MR) is 132 cm³/mol. The normalized spacial score (nSPS) is 16.4. The number of nitrogens with one attached hydrogen (secondary N) is 2. The molecule has 0 aliphatic carbocycles. The van der Waals surface area contributed by atoms with Crippen LogP contribution in [0.2, 0.25) is 0 Å². The van der Waals surface area contributed by atoms with Gasteiger partial charge in [-0.1, -0.05) is 12.1 Å². The first kappa shape index (κ1) is 24.9. The van der Waals surface area contributed by atoms with E-state index in [1.54, 1.807) is 72.4 Å². The first-order valence-electron chi connectivity index (χ1n) is 10.6. The third-order valence-electron chi connectivity index (χ3n) is 5.31. The van der Waals surface area contributed by atoms with Crippen LogP contribution in [0.15, 0.2) is 52.9 Å². The molecule has 4 N–H and O–H groups in total. The van der Waals surface area contributed by atoms with E-state index < -0.39 is 10.0 Å². The second-order valence-electron chi connectivity index (χ2n) is 8.37. The minimum absolute atomic E-state index is 0.0526. The summed E-state index contributed by atoms with van der Waals surface area (Å²) in [6.45, 7) is 0.777. The summed E-state index contributed by atoms with van der Waals surface area (Å²) in [7, 11) is -0.157. The van der Waals surface area contributed by atoms with Crippen LogP contribution in [-0.2, 0) is 14.8 Å². The fourth-order valence-electron chi connectivity index (χ4n) is 3.67. The molecule has 0 aromatic heterocycles. The zero-order valence-corrected chi connectivity index (χ0v) is 20.1. The van der Waals surface area contributed by atoms with Gasteiger partial charge in [0.25, 0.3) is 15.9 Å². The number of carbonyl (C=O) groups excluding carboxylic acids is 2. The third-order valence-corrected chi connectivity index (χ3v) is 5.81. The number of hydrogen-bond acceptors (Lipinski definition) is 5. The van der Waals surface area contributed by atoms with Crippen LogP contribution >= 0.6 is 0 Å². The van der Waals surface area contributed by atoms with E-state index in [2.05, 4.69) is 9.71 Å². The van der Waals surface area contributed by atoms with Crippen LogP contribution in [0.4, 0.5) is 5.69 Å².